The van der Waals surface area contributed by atoms with Gasteiger partial charge in [-0.1, -0.05) is 44.7 Å². The lowest BCUT2D eigenvalue weighted by atomic mass is 9.98. The Morgan fingerprint density at radius 3 is 2.63 bits per heavy atom. The summed E-state index contributed by atoms with van der Waals surface area (Å²) in [5.74, 6) is 6.63. The van der Waals surface area contributed by atoms with Crippen LogP contribution in [0.4, 0.5) is 0 Å². The minimum Gasteiger partial charge on any atom is -0.352 e. The van der Waals surface area contributed by atoms with E-state index in [0.717, 1.165) is 5.56 Å². The molecule has 1 unspecified atom stereocenters. The van der Waals surface area contributed by atoms with Gasteiger partial charge in [0.05, 0.1) is 12.1 Å². The van der Waals surface area contributed by atoms with Gasteiger partial charge < -0.3 is 11.1 Å². The molecule has 3 N–H and O–H groups in total. The zero-order valence-electron chi connectivity index (χ0n) is 11.9. The maximum atomic E-state index is 12.1. The van der Waals surface area contributed by atoms with Gasteiger partial charge in [0.2, 0.25) is 0 Å². The largest absolute Gasteiger partial charge is 0.352 e. The predicted octanol–water partition coefficient (Wildman–Crippen LogP) is 2.02. The molecule has 102 valence electrons. The Balaban J connectivity index is 2.77. The number of amides is 1. The third-order valence-electron chi connectivity index (χ3n) is 3.22. The van der Waals surface area contributed by atoms with Crippen LogP contribution in [0.1, 0.15) is 36.7 Å². The molecule has 0 heterocycles. The summed E-state index contributed by atoms with van der Waals surface area (Å²) in [4.78, 5) is 12.1. The lowest BCUT2D eigenvalue weighted by Crippen LogP contribution is -2.30. The molecule has 1 aromatic rings. The van der Waals surface area contributed by atoms with Gasteiger partial charge in [-0.2, -0.15) is 0 Å². The zero-order valence-corrected chi connectivity index (χ0v) is 11.9. The molecule has 19 heavy (non-hydrogen) atoms. The van der Waals surface area contributed by atoms with Crippen LogP contribution in [0, 0.1) is 23.7 Å². The number of nitrogens with two attached hydrogens (primary N) is 1. The van der Waals surface area contributed by atoms with E-state index in [4.69, 9.17) is 5.73 Å². The summed E-state index contributed by atoms with van der Waals surface area (Å²) >= 11 is 0. The number of benzene rings is 1. The van der Waals surface area contributed by atoms with E-state index in [1.165, 1.54) is 0 Å². The highest BCUT2D eigenvalue weighted by Crippen LogP contribution is 2.10. The molecule has 0 saturated carbocycles. The molecule has 1 aromatic carbocycles. The summed E-state index contributed by atoms with van der Waals surface area (Å²) in [6, 6.07) is 7.34. The van der Waals surface area contributed by atoms with E-state index in [2.05, 4.69) is 37.9 Å². The van der Waals surface area contributed by atoms with E-state index in [-0.39, 0.29) is 5.91 Å². The molecule has 0 aromatic heterocycles. The number of nitrogens with one attached hydrogen (secondary N) is 1. The van der Waals surface area contributed by atoms with Crippen LogP contribution < -0.4 is 11.1 Å². The molecule has 0 aliphatic heterocycles. The van der Waals surface area contributed by atoms with Crippen molar-refractivity contribution in [2.75, 3.05) is 13.1 Å². The molecule has 0 aliphatic rings. The van der Waals surface area contributed by atoms with Crippen LogP contribution >= 0.6 is 0 Å². The van der Waals surface area contributed by atoms with E-state index in [9.17, 15) is 4.79 Å². The molecule has 0 aliphatic carbocycles. The Morgan fingerprint density at radius 1 is 1.32 bits per heavy atom. The fourth-order valence-electron chi connectivity index (χ4n) is 1.52. The fourth-order valence-corrected chi connectivity index (χ4v) is 1.52. The lowest BCUT2D eigenvalue weighted by Gasteiger charge is -2.16. The van der Waals surface area contributed by atoms with Gasteiger partial charge in [-0.15, -0.1) is 0 Å². The Hall–Kier alpha value is -1.79. The predicted molar refractivity (Wildman–Crippen MR) is 78.7 cm³/mol. The van der Waals surface area contributed by atoms with E-state index >= 15 is 0 Å². The topological polar surface area (TPSA) is 55.1 Å². The summed E-state index contributed by atoms with van der Waals surface area (Å²) in [6.45, 7) is 7.40. The van der Waals surface area contributed by atoms with Crippen molar-refractivity contribution in [3.63, 3.8) is 0 Å². The van der Waals surface area contributed by atoms with Gasteiger partial charge in [-0.3, -0.25) is 4.79 Å². The Morgan fingerprint density at radius 2 is 2.00 bits per heavy atom. The van der Waals surface area contributed by atoms with Gasteiger partial charge in [0, 0.05) is 12.1 Å². The fraction of sp³-hybridized carbons (Fsp3) is 0.438. The van der Waals surface area contributed by atoms with Crippen molar-refractivity contribution < 1.29 is 4.79 Å². The SMILES string of the molecule is CC(C)C(C)CNC(=O)c1ccccc1C#CCN. The minimum absolute atomic E-state index is 0.0746. The molecule has 1 rings (SSSR count). The Labute approximate surface area is 115 Å². The molecular formula is C16H22N2O. The van der Waals surface area contributed by atoms with Crippen LogP contribution in [-0.4, -0.2) is 19.0 Å². The second kappa shape index (κ2) is 7.60. The first-order valence-corrected chi connectivity index (χ1v) is 6.62. The highest BCUT2D eigenvalue weighted by Gasteiger charge is 2.12. The molecule has 0 radical (unpaired) electrons. The second-order valence-corrected chi connectivity index (χ2v) is 4.98. The molecule has 0 saturated heterocycles. The van der Waals surface area contributed by atoms with Crippen molar-refractivity contribution >= 4 is 5.91 Å². The molecule has 3 nitrogen and oxygen atoms in total. The van der Waals surface area contributed by atoms with E-state index in [1.807, 2.05) is 18.2 Å². The number of rotatable bonds is 4. The minimum atomic E-state index is -0.0746. The van der Waals surface area contributed by atoms with Crippen molar-refractivity contribution in [1.29, 1.82) is 0 Å². The molecule has 0 bridgehead atoms. The Kier molecular flexibility index (Phi) is 6.11. The summed E-state index contributed by atoms with van der Waals surface area (Å²) in [5.41, 5.74) is 6.70. The summed E-state index contributed by atoms with van der Waals surface area (Å²) in [7, 11) is 0. The van der Waals surface area contributed by atoms with E-state index < -0.39 is 0 Å². The maximum absolute atomic E-state index is 12.1. The first-order chi connectivity index (χ1) is 9.06. The smallest absolute Gasteiger partial charge is 0.252 e. The highest BCUT2D eigenvalue weighted by atomic mass is 16.1. The van der Waals surface area contributed by atoms with Crippen molar-refractivity contribution in [3.05, 3.63) is 35.4 Å². The van der Waals surface area contributed by atoms with Gasteiger partial charge in [0.15, 0.2) is 0 Å². The summed E-state index contributed by atoms with van der Waals surface area (Å²) < 4.78 is 0. The van der Waals surface area contributed by atoms with Gasteiger partial charge in [-0.05, 0) is 24.0 Å². The maximum Gasteiger partial charge on any atom is 0.252 e. The first kappa shape index (κ1) is 15.3. The van der Waals surface area contributed by atoms with Crippen LogP contribution in [0.3, 0.4) is 0 Å². The van der Waals surface area contributed by atoms with Crippen molar-refractivity contribution in [3.8, 4) is 11.8 Å². The average Bonchev–Trinajstić information content (AvgIpc) is 2.42. The molecule has 0 fully saturated rings. The number of carbonyl (C=O) groups excluding carboxylic acids is 1. The van der Waals surface area contributed by atoms with Crippen molar-refractivity contribution in [2.24, 2.45) is 17.6 Å². The number of hydrogen-bond acceptors (Lipinski definition) is 2. The number of hydrogen-bond donors (Lipinski definition) is 2. The molecule has 3 heteroatoms. The van der Waals surface area contributed by atoms with Crippen LogP contribution in [0.2, 0.25) is 0 Å². The molecule has 0 spiro atoms. The second-order valence-electron chi connectivity index (χ2n) is 4.98. The van der Waals surface area contributed by atoms with Crippen molar-refractivity contribution in [2.45, 2.75) is 20.8 Å². The number of carbonyl (C=O) groups is 1. The quantitative estimate of drug-likeness (QED) is 0.812. The summed E-state index contributed by atoms with van der Waals surface area (Å²) in [5, 5.41) is 2.96. The third kappa shape index (κ3) is 4.76. The Bertz CT molecular complexity index is 483. The average molecular weight is 258 g/mol. The lowest BCUT2D eigenvalue weighted by molar-refractivity contribution is 0.0944. The van der Waals surface area contributed by atoms with E-state index in [1.54, 1.807) is 6.07 Å². The van der Waals surface area contributed by atoms with Crippen LogP contribution in [0.5, 0.6) is 0 Å². The standard InChI is InChI=1S/C16H22N2O/c1-12(2)13(3)11-18-16(19)15-9-5-4-7-14(15)8-6-10-17/h4-5,7,9,12-13H,10-11,17H2,1-3H3,(H,18,19). The van der Waals surface area contributed by atoms with Gasteiger partial charge in [0.25, 0.3) is 5.91 Å². The summed E-state index contributed by atoms with van der Waals surface area (Å²) in [6.07, 6.45) is 0. The van der Waals surface area contributed by atoms with Crippen LogP contribution in [0.15, 0.2) is 24.3 Å². The molecule has 1 amide bonds. The third-order valence-corrected chi connectivity index (χ3v) is 3.22. The highest BCUT2D eigenvalue weighted by molar-refractivity contribution is 5.96. The monoisotopic (exact) mass is 258 g/mol. The molecular weight excluding hydrogens is 236 g/mol. The zero-order chi connectivity index (χ0) is 14.3. The van der Waals surface area contributed by atoms with Gasteiger partial charge in [0.1, 0.15) is 0 Å². The van der Waals surface area contributed by atoms with Gasteiger partial charge >= 0.3 is 0 Å². The van der Waals surface area contributed by atoms with E-state index in [0.29, 0.717) is 30.5 Å². The van der Waals surface area contributed by atoms with Crippen molar-refractivity contribution in [1.82, 2.24) is 5.32 Å². The molecule has 1 atom stereocenters. The first-order valence-electron chi connectivity index (χ1n) is 6.62. The van der Waals surface area contributed by atoms with Gasteiger partial charge in [-0.25, -0.2) is 0 Å². The van der Waals surface area contributed by atoms with Crippen LogP contribution in [-0.2, 0) is 0 Å². The normalized spacial score (nSPS) is 11.6. The van der Waals surface area contributed by atoms with Crippen LogP contribution in [0.25, 0.3) is 0 Å².